The van der Waals surface area contributed by atoms with Gasteiger partial charge in [-0.25, -0.2) is 4.79 Å². The van der Waals surface area contributed by atoms with Crippen molar-refractivity contribution >= 4 is 11.0 Å². The Balaban J connectivity index is 2.13. The molecule has 0 aliphatic carbocycles. The number of hydrogen-bond acceptors (Lipinski definition) is 5. The molecule has 6 nitrogen and oxygen atoms in total. The van der Waals surface area contributed by atoms with Crippen molar-refractivity contribution in [2.24, 2.45) is 5.92 Å². The van der Waals surface area contributed by atoms with E-state index >= 15 is 0 Å². The fraction of sp³-hybridized carbons (Fsp3) is 0.267. The minimum atomic E-state index is -0.720. The van der Waals surface area contributed by atoms with Crippen molar-refractivity contribution in [2.45, 2.75) is 13.8 Å². The van der Waals surface area contributed by atoms with Crippen LogP contribution in [0.15, 0.2) is 38.3 Å². The Morgan fingerprint density at radius 3 is 2.86 bits per heavy atom. The lowest BCUT2D eigenvalue weighted by atomic mass is 10.1. The van der Waals surface area contributed by atoms with Crippen LogP contribution in [0.5, 0.6) is 5.75 Å². The molecule has 0 bridgehead atoms. The third-order valence-electron chi connectivity index (χ3n) is 2.97. The molecule has 2 heterocycles. The van der Waals surface area contributed by atoms with Crippen LogP contribution in [0.3, 0.4) is 0 Å². The van der Waals surface area contributed by atoms with Gasteiger partial charge in [0.15, 0.2) is 0 Å². The number of nitrogens with one attached hydrogen (secondary N) is 1. The maximum absolute atomic E-state index is 11.7. The molecule has 0 amide bonds. The average Bonchev–Trinajstić information content (AvgIpc) is 2.43. The van der Waals surface area contributed by atoms with E-state index in [4.69, 9.17) is 9.15 Å². The first kappa shape index (κ1) is 13.4. The largest absolute Gasteiger partial charge is 0.493 e. The van der Waals surface area contributed by atoms with Crippen LogP contribution in [-0.4, -0.2) is 16.6 Å². The van der Waals surface area contributed by atoms with Gasteiger partial charge in [0.2, 0.25) is 5.89 Å². The van der Waals surface area contributed by atoms with Crippen molar-refractivity contribution in [1.29, 1.82) is 0 Å². The number of ether oxygens (including phenoxy) is 1. The minimum Gasteiger partial charge on any atom is -0.493 e. The highest BCUT2D eigenvalue weighted by molar-refractivity contribution is 5.82. The van der Waals surface area contributed by atoms with Crippen LogP contribution in [0.2, 0.25) is 0 Å². The van der Waals surface area contributed by atoms with Crippen LogP contribution in [0.4, 0.5) is 0 Å². The highest BCUT2D eigenvalue weighted by Gasteiger charge is 2.14. The van der Waals surface area contributed by atoms with Gasteiger partial charge in [-0.15, -0.1) is 0 Å². The van der Waals surface area contributed by atoms with Crippen molar-refractivity contribution in [3.63, 3.8) is 0 Å². The number of benzene rings is 1. The van der Waals surface area contributed by atoms with Gasteiger partial charge in [-0.3, -0.25) is 9.78 Å². The molecule has 0 unspecified atom stereocenters. The van der Waals surface area contributed by atoms with Gasteiger partial charge in [0.25, 0.3) is 5.56 Å². The van der Waals surface area contributed by atoms with E-state index in [1.54, 1.807) is 18.2 Å². The van der Waals surface area contributed by atoms with Crippen LogP contribution >= 0.6 is 0 Å². The molecule has 2 aliphatic heterocycles. The molecule has 0 atom stereocenters. The lowest BCUT2D eigenvalue weighted by Crippen LogP contribution is -2.24. The molecule has 0 saturated carbocycles. The van der Waals surface area contributed by atoms with E-state index < -0.39 is 11.2 Å². The summed E-state index contributed by atoms with van der Waals surface area (Å²) in [6.45, 7) is 4.72. The van der Waals surface area contributed by atoms with Crippen LogP contribution in [0.25, 0.3) is 22.4 Å². The van der Waals surface area contributed by atoms with Gasteiger partial charge in [-0.05, 0) is 24.1 Å². The van der Waals surface area contributed by atoms with E-state index in [-0.39, 0.29) is 11.5 Å². The van der Waals surface area contributed by atoms with Gasteiger partial charge in [0.1, 0.15) is 16.9 Å². The molecule has 108 valence electrons. The third kappa shape index (κ3) is 2.65. The zero-order chi connectivity index (χ0) is 15.0. The number of fused-ring (bicyclic) bond motifs is 2. The standard InChI is InChI=1S/C15H14N2O4/c1-8(2)7-20-10-4-3-9-5-11-13(18)16-15(19)17-14(11)21-12(9)6-10/h3-6,8H,7H2,1-2H3,(H,16,18,19). The zero-order valence-corrected chi connectivity index (χ0v) is 11.7. The second-order valence-corrected chi connectivity index (χ2v) is 5.24. The van der Waals surface area contributed by atoms with Crippen molar-refractivity contribution < 1.29 is 9.15 Å². The van der Waals surface area contributed by atoms with Crippen molar-refractivity contribution in [1.82, 2.24) is 9.97 Å². The normalized spacial score (nSPS) is 11.4. The Labute approximate surface area is 119 Å². The summed E-state index contributed by atoms with van der Waals surface area (Å²) in [7, 11) is 0. The average molecular weight is 286 g/mol. The molecule has 0 fully saturated rings. The highest BCUT2D eigenvalue weighted by atomic mass is 16.5. The molecule has 1 aromatic rings. The SMILES string of the molecule is CC(C)COc1ccc2cc3c(=O)[nH]c(=O)nc-3oc2c1. The summed E-state index contributed by atoms with van der Waals surface area (Å²) >= 11 is 0. The molecule has 3 rings (SSSR count). The predicted octanol–water partition coefficient (Wildman–Crippen LogP) is 2.02. The molecule has 0 saturated heterocycles. The number of aromatic amines is 1. The molecule has 21 heavy (non-hydrogen) atoms. The zero-order valence-electron chi connectivity index (χ0n) is 11.7. The molecule has 0 aromatic heterocycles. The molecule has 0 spiro atoms. The first-order valence-corrected chi connectivity index (χ1v) is 6.63. The van der Waals surface area contributed by atoms with Crippen molar-refractivity contribution in [3.8, 4) is 17.2 Å². The molecular formula is C15H14N2O4. The summed E-state index contributed by atoms with van der Waals surface area (Å²) < 4.78 is 11.2. The maximum atomic E-state index is 11.7. The third-order valence-corrected chi connectivity index (χ3v) is 2.97. The monoisotopic (exact) mass is 286 g/mol. The van der Waals surface area contributed by atoms with E-state index in [9.17, 15) is 9.59 Å². The number of H-pyrrole nitrogens is 1. The summed E-state index contributed by atoms with van der Waals surface area (Å²) in [4.78, 5) is 28.7. The van der Waals surface area contributed by atoms with Gasteiger partial charge >= 0.3 is 5.69 Å². The summed E-state index contributed by atoms with van der Waals surface area (Å²) in [5.74, 6) is 1.11. The fourth-order valence-electron chi connectivity index (χ4n) is 1.98. The first-order valence-electron chi connectivity index (χ1n) is 6.63. The maximum Gasteiger partial charge on any atom is 0.351 e. The van der Waals surface area contributed by atoms with Gasteiger partial charge in [-0.2, -0.15) is 4.98 Å². The van der Waals surface area contributed by atoms with Crippen molar-refractivity contribution in [2.75, 3.05) is 6.61 Å². The number of nitrogens with zero attached hydrogens (tertiary/aromatic N) is 1. The quantitative estimate of drug-likeness (QED) is 0.744. The Morgan fingerprint density at radius 2 is 2.10 bits per heavy atom. The predicted molar refractivity (Wildman–Crippen MR) is 77.9 cm³/mol. The number of aromatic nitrogens is 2. The van der Waals surface area contributed by atoms with E-state index in [0.29, 0.717) is 23.9 Å². The molecule has 6 heteroatoms. The van der Waals surface area contributed by atoms with Crippen LogP contribution in [0.1, 0.15) is 13.8 Å². The highest BCUT2D eigenvalue weighted by Crippen LogP contribution is 2.26. The Morgan fingerprint density at radius 1 is 1.29 bits per heavy atom. The van der Waals surface area contributed by atoms with Gasteiger partial charge in [-0.1, -0.05) is 13.8 Å². The minimum absolute atomic E-state index is 0.0252. The molecule has 0 radical (unpaired) electrons. The number of rotatable bonds is 3. The lowest BCUT2D eigenvalue weighted by molar-refractivity contribution is 0.271. The van der Waals surface area contributed by atoms with Gasteiger partial charge < -0.3 is 9.15 Å². The van der Waals surface area contributed by atoms with E-state index in [1.165, 1.54) is 0 Å². The Bertz CT molecular complexity index is 879. The summed E-state index contributed by atoms with van der Waals surface area (Å²) in [5.41, 5.74) is -0.460. The lowest BCUT2D eigenvalue weighted by Gasteiger charge is -2.10. The topological polar surface area (TPSA) is 85.2 Å². The second kappa shape index (κ2) is 5.05. The van der Waals surface area contributed by atoms with Crippen LogP contribution in [-0.2, 0) is 0 Å². The van der Waals surface area contributed by atoms with E-state index in [0.717, 1.165) is 5.39 Å². The summed E-state index contributed by atoms with van der Waals surface area (Å²) in [5, 5.41) is 0.741. The Kier molecular flexibility index (Phi) is 3.21. The van der Waals surface area contributed by atoms with Crippen molar-refractivity contribution in [3.05, 3.63) is 45.1 Å². The van der Waals surface area contributed by atoms with Crippen LogP contribution in [0, 0.1) is 5.92 Å². The van der Waals surface area contributed by atoms with Gasteiger partial charge in [0, 0.05) is 11.5 Å². The molecule has 1 N–H and O–H groups in total. The molecule has 1 aromatic carbocycles. The Hall–Kier alpha value is -2.63. The summed E-state index contributed by atoms with van der Waals surface area (Å²) in [6.07, 6.45) is 0. The fourth-order valence-corrected chi connectivity index (χ4v) is 1.98. The van der Waals surface area contributed by atoms with Crippen LogP contribution < -0.4 is 16.0 Å². The van der Waals surface area contributed by atoms with E-state index in [2.05, 4.69) is 23.8 Å². The van der Waals surface area contributed by atoms with E-state index in [1.807, 2.05) is 6.07 Å². The number of hydrogen-bond donors (Lipinski definition) is 1. The smallest absolute Gasteiger partial charge is 0.351 e. The van der Waals surface area contributed by atoms with Gasteiger partial charge in [0.05, 0.1) is 6.61 Å². The molecular weight excluding hydrogens is 272 g/mol. The summed E-state index contributed by atoms with van der Waals surface area (Å²) in [6, 6.07) is 6.99. The molecule has 2 aliphatic rings. The first-order chi connectivity index (χ1) is 10.0. The second-order valence-electron chi connectivity index (χ2n) is 5.24.